The Labute approximate surface area is 94.3 Å². The van der Waals surface area contributed by atoms with Gasteiger partial charge in [0.2, 0.25) is 0 Å². The van der Waals surface area contributed by atoms with Crippen molar-refractivity contribution >= 4 is 11.6 Å². The standard InChI is InChI=1S/C8H9Cl.C3H8.C2H6/c1-6-4-3-5-8(9)7(6)2;1-3-2;1-2/h3-5H,1-2H3;3H2,1-2H3;1-2H3. The average Bonchev–Trinajstić information content (AvgIpc) is 2.19. The van der Waals surface area contributed by atoms with Gasteiger partial charge in [-0.25, -0.2) is 0 Å². The lowest BCUT2D eigenvalue weighted by Gasteiger charge is -1.98. The second-order valence-electron chi connectivity index (χ2n) is 2.89. The molecule has 0 amide bonds. The molecule has 0 bridgehead atoms. The van der Waals surface area contributed by atoms with E-state index in [-0.39, 0.29) is 0 Å². The molecule has 0 saturated heterocycles. The molecule has 0 aliphatic heterocycles. The Morgan fingerprint density at radius 3 is 1.79 bits per heavy atom. The fourth-order valence-electron chi connectivity index (χ4n) is 0.715. The van der Waals surface area contributed by atoms with E-state index in [1.807, 2.05) is 32.9 Å². The molecular weight excluding hydrogens is 192 g/mol. The fourth-order valence-corrected chi connectivity index (χ4v) is 0.937. The van der Waals surface area contributed by atoms with E-state index in [0.717, 1.165) is 5.02 Å². The molecule has 0 fully saturated rings. The van der Waals surface area contributed by atoms with Gasteiger partial charge in [-0.15, -0.1) is 0 Å². The average molecular weight is 215 g/mol. The van der Waals surface area contributed by atoms with Crippen molar-refractivity contribution in [3.63, 3.8) is 0 Å². The van der Waals surface area contributed by atoms with Crippen LogP contribution >= 0.6 is 11.6 Å². The SMILES string of the molecule is CC.CCC.Cc1cccc(Cl)c1C. The van der Waals surface area contributed by atoms with Crippen LogP contribution in [0.1, 0.15) is 45.2 Å². The number of hydrogen-bond acceptors (Lipinski definition) is 0. The molecule has 1 heteroatoms. The minimum Gasteiger partial charge on any atom is -0.0840 e. The lowest BCUT2D eigenvalue weighted by molar-refractivity contribution is 1.09. The lowest BCUT2D eigenvalue weighted by atomic mass is 10.1. The van der Waals surface area contributed by atoms with Crippen LogP contribution in [0.25, 0.3) is 0 Å². The predicted molar refractivity (Wildman–Crippen MR) is 68.2 cm³/mol. The molecule has 0 radical (unpaired) electrons. The first-order valence-electron chi connectivity index (χ1n) is 5.35. The Balaban J connectivity index is 0. The first-order valence-corrected chi connectivity index (χ1v) is 5.73. The maximum atomic E-state index is 5.81. The quantitative estimate of drug-likeness (QED) is 0.543. The van der Waals surface area contributed by atoms with E-state index < -0.39 is 0 Å². The lowest BCUT2D eigenvalue weighted by Crippen LogP contribution is -1.78. The Kier molecular flexibility index (Phi) is 12.1. The van der Waals surface area contributed by atoms with Gasteiger partial charge in [-0.05, 0) is 31.0 Å². The van der Waals surface area contributed by atoms with Crippen molar-refractivity contribution in [3.8, 4) is 0 Å². The van der Waals surface area contributed by atoms with Crippen LogP contribution in [0, 0.1) is 13.8 Å². The third-order valence-corrected chi connectivity index (χ3v) is 1.95. The minimum atomic E-state index is 0.856. The van der Waals surface area contributed by atoms with Gasteiger partial charge in [0.05, 0.1) is 0 Å². The molecule has 0 aromatic heterocycles. The van der Waals surface area contributed by atoms with Crippen LogP contribution in [0.5, 0.6) is 0 Å². The molecule has 1 rings (SSSR count). The van der Waals surface area contributed by atoms with Crippen molar-refractivity contribution in [3.05, 3.63) is 34.3 Å². The molecule has 14 heavy (non-hydrogen) atoms. The van der Waals surface area contributed by atoms with Crippen LogP contribution in [0.15, 0.2) is 18.2 Å². The molecule has 0 unspecified atom stereocenters. The number of aryl methyl sites for hydroxylation is 1. The normalized spacial score (nSPS) is 7.93. The summed E-state index contributed by atoms with van der Waals surface area (Å²) in [6.07, 6.45) is 1.25. The zero-order chi connectivity index (χ0) is 11.6. The van der Waals surface area contributed by atoms with Crippen LogP contribution in [0.4, 0.5) is 0 Å². The van der Waals surface area contributed by atoms with Crippen LogP contribution in [-0.2, 0) is 0 Å². The topological polar surface area (TPSA) is 0 Å². The van der Waals surface area contributed by atoms with E-state index in [0.29, 0.717) is 0 Å². The number of rotatable bonds is 0. The third-order valence-electron chi connectivity index (χ3n) is 1.54. The van der Waals surface area contributed by atoms with Crippen molar-refractivity contribution in [2.45, 2.75) is 48.0 Å². The Hall–Kier alpha value is -0.490. The highest BCUT2D eigenvalue weighted by Crippen LogP contribution is 2.16. The van der Waals surface area contributed by atoms with Gasteiger partial charge in [0.1, 0.15) is 0 Å². The first kappa shape index (κ1) is 16.0. The number of halogens is 1. The van der Waals surface area contributed by atoms with Gasteiger partial charge < -0.3 is 0 Å². The maximum Gasteiger partial charge on any atom is 0.0437 e. The number of hydrogen-bond donors (Lipinski definition) is 0. The Morgan fingerprint density at radius 1 is 1.07 bits per heavy atom. The van der Waals surface area contributed by atoms with E-state index in [4.69, 9.17) is 11.6 Å². The molecule has 0 heterocycles. The zero-order valence-corrected chi connectivity index (χ0v) is 11.1. The van der Waals surface area contributed by atoms with Gasteiger partial charge in [-0.2, -0.15) is 0 Å². The highest BCUT2D eigenvalue weighted by molar-refractivity contribution is 6.31. The molecule has 1 aromatic carbocycles. The second kappa shape index (κ2) is 10.6. The zero-order valence-electron chi connectivity index (χ0n) is 10.3. The summed E-state index contributed by atoms with van der Waals surface area (Å²) in [5.74, 6) is 0. The summed E-state index contributed by atoms with van der Waals surface area (Å²) >= 11 is 5.81. The number of benzene rings is 1. The fraction of sp³-hybridized carbons (Fsp3) is 0.538. The Morgan fingerprint density at radius 2 is 1.50 bits per heavy atom. The van der Waals surface area contributed by atoms with Crippen LogP contribution in [0.3, 0.4) is 0 Å². The Bertz CT molecular complexity index is 208. The van der Waals surface area contributed by atoms with Gasteiger partial charge in [0, 0.05) is 5.02 Å². The van der Waals surface area contributed by atoms with Crippen molar-refractivity contribution < 1.29 is 0 Å². The van der Waals surface area contributed by atoms with E-state index in [1.54, 1.807) is 0 Å². The molecule has 0 atom stereocenters. The summed E-state index contributed by atoms with van der Waals surface area (Å²) in [6.45, 7) is 12.3. The third kappa shape index (κ3) is 6.97. The van der Waals surface area contributed by atoms with E-state index >= 15 is 0 Å². The molecule has 82 valence electrons. The molecule has 0 nitrogen and oxygen atoms in total. The monoisotopic (exact) mass is 214 g/mol. The highest BCUT2D eigenvalue weighted by Gasteiger charge is 1.93. The second-order valence-corrected chi connectivity index (χ2v) is 3.30. The smallest absolute Gasteiger partial charge is 0.0437 e. The van der Waals surface area contributed by atoms with Crippen LogP contribution < -0.4 is 0 Å². The highest BCUT2D eigenvalue weighted by atomic mass is 35.5. The van der Waals surface area contributed by atoms with E-state index in [1.165, 1.54) is 17.5 Å². The molecule has 1 aromatic rings. The van der Waals surface area contributed by atoms with Crippen LogP contribution in [0.2, 0.25) is 5.02 Å². The van der Waals surface area contributed by atoms with Crippen LogP contribution in [-0.4, -0.2) is 0 Å². The molecule has 0 spiro atoms. The largest absolute Gasteiger partial charge is 0.0840 e. The van der Waals surface area contributed by atoms with Crippen molar-refractivity contribution in [2.75, 3.05) is 0 Å². The minimum absolute atomic E-state index is 0.856. The van der Waals surface area contributed by atoms with E-state index in [9.17, 15) is 0 Å². The summed E-state index contributed by atoms with van der Waals surface area (Å²) in [4.78, 5) is 0. The molecule has 0 aliphatic carbocycles. The summed E-state index contributed by atoms with van der Waals surface area (Å²) in [7, 11) is 0. The van der Waals surface area contributed by atoms with Crippen molar-refractivity contribution in [1.29, 1.82) is 0 Å². The van der Waals surface area contributed by atoms with Crippen molar-refractivity contribution in [2.24, 2.45) is 0 Å². The summed E-state index contributed by atoms with van der Waals surface area (Å²) in [5.41, 5.74) is 2.43. The first-order chi connectivity index (χ1) is 6.63. The molecule has 0 aliphatic rings. The molecule has 0 saturated carbocycles. The van der Waals surface area contributed by atoms with Crippen molar-refractivity contribution in [1.82, 2.24) is 0 Å². The summed E-state index contributed by atoms with van der Waals surface area (Å²) in [5, 5.41) is 0.856. The van der Waals surface area contributed by atoms with Gasteiger partial charge >= 0.3 is 0 Å². The van der Waals surface area contributed by atoms with Gasteiger partial charge in [-0.3, -0.25) is 0 Å². The van der Waals surface area contributed by atoms with Gasteiger partial charge in [0.15, 0.2) is 0 Å². The molecular formula is C13H23Cl. The van der Waals surface area contributed by atoms with E-state index in [2.05, 4.69) is 26.8 Å². The van der Waals surface area contributed by atoms with Gasteiger partial charge in [0.25, 0.3) is 0 Å². The summed E-state index contributed by atoms with van der Waals surface area (Å²) in [6, 6.07) is 5.93. The predicted octanol–water partition coefficient (Wildman–Crippen LogP) is 5.40. The maximum absolute atomic E-state index is 5.81. The van der Waals surface area contributed by atoms with Gasteiger partial charge in [-0.1, -0.05) is 57.8 Å². The molecule has 0 N–H and O–H groups in total. The summed E-state index contributed by atoms with van der Waals surface area (Å²) < 4.78 is 0.